The van der Waals surface area contributed by atoms with Gasteiger partial charge in [-0.1, -0.05) is 29.6 Å². The smallest absolute Gasteiger partial charge is 0.390 e. The Balaban J connectivity index is 1.93. The number of aromatic nitrogens is 2. The van der Waals surface area contributed by atoms with Crippen LogP contribution in [0.5, 0.6) is 0 Å². The number of nitro groups is 1. The van der Waals surface area contributed by atoms with Crippen LogP contribution in [0.4, 0.5) is 5.69 Å². The normalized spacial score (nSPS) is 16.5. The van der Waals surface area contributed by atoms with Crippen molar-refractivity contribution in [3.63, 3.8) is 0 Å². The zero-order valence-corrected chi connectivity index (χ0v) is 18.5. The summed E-state index contributed by atoms with van der Waals surface area (Å²) in [6.07, 6.45) is 4.46. The molecule has 0 amide bonds. The van der Waals surface area contributed by atoms with E-state index in [0.717, 1.165) is 32.4 Å². The molecule has 8 nitrogen and oxygen atoms in total. The summed E-state index contributed by atoms with van der Waals surface area (Å²) in [5.74, 6) is 0.288. The topological polar surface area (TPSA) is 92.7 Å². The Labute approximate surface area is 189 Å². The quantitative estimate of drug-likeness (QED) is 0.210. The predicted molar refractivity (Wildman–Crippen MR) is 120 cm³/mol. The lowest BCUT2D eigenvalue weighted by atomic mass is 10.1. The minimum Gasteiger partial charge on any atom is -0.506 e. The highest BCUT2D eigenvalue weighted by molar-refractivity contribution is 7.24. The van der Waals surface area contributed by atoms with Gasteiger partial charge in [-0.3, -0.25) is 15.0 Å². The minimum atomic E-state index is -0.522. The molecule has 5 rings (SSSR count). The summed E-state index contributed by atoms with van der Waals surface area (Å²) in [5.41, 5.74) is -0.271. The van der Waals surface area contributed by atoms with Crippen LogP contribution in [0.2, 0.25) is 10.0 Å². The fraction of sp³-hybridized carbons (Fsp3) is 0.300. The van der Waals surface area contributed by atoms with Crippen molar-refractivity contribution in [1.29, 1.82) is 0 Å². The molecule has 3 aliphatic heterocycles. The number of nitrogens with zero attached hydrogens (tertiary/aromatic N) is 4. The molecule has 1 aromatic carbocycles. The van der Waals surface area contributed by atoms with Crippen molar-refractivity contribution < 1.29 is 14.4 Å². The number of hydrogen-bond donors (Lipinski definition) is 1. The largest absolute Gasteiger partial charge is 0.506 e. The Morgan fingerprint density at radius 3 is 2.65 bits per heavy atom. The number of likely N-dealkylation sites (tertiary alicyclic amines) is 1. The highest BCUT2D eigenvalue weighted by Gasteiger charge is 2.34. The standard InChI is InChI=1S/C20H16Cl2N4O4S/c21-12-4-5-13(22)18-16(12)25-19-15(31-18)8-11(26(29)30)9-24(19)17(20(25)28)14(27)10-23-6-2-1-3-7-23/h4-5,8-9H,1-3,6-7,10H2/p+1. The first kappa shape index (κ1) is 20.4. The second-order valence-electron chi connectivity index (χ2n) is 7.59. The van der Waals surface area contributed by atoms with E-state index in [2.05, 4.69) is 4.90 Å². The van der Waals surface area contributed by atoms with Crippen LogP contribution in [0.3, 0.4) is 0 Å². The van der Waals surface area contributed by atoms with E-state index < -0.39 is 10.5 Å². The first-order chi connectivity index (χ1) is 14.9. The van der Waals surface area contributed by atoms with Gasteiger partial charge in [0.15, 0.2) is 17.5 Å². The van der Waals surface area contributed by atoms with Crippen LogP contribution in [0.15, 0.2) is 29.2 Å². The molecule has 3 aliphatic rings. The number of rotatable bonds is 3. The van der Waals surface area contributed by atoms with Crippen molar-refractivity contribution in [3.8, 4) is 5.82 Å². The van der Waals surface area contributed by atoms with E-state index in [-0.39, 0.29) is 23.3 Å². The summed E-state index contributed by atoms with van der Waals surface area (Å²) in [7, 11) is 0. The van der Waals surface area contributed by atoms with Gasteiger partial charge in [-0.15, -0.1) is 15.9 Å². The molecule has 160 valence electrons. The molecule has 4 heterocycles. The van der Waals surface area contributed by atoms with E-state index in [1.165, 1.54) is 32.6 Å². The summed E-state index contributed by atoms with van der Waals surface area (Å²) < 4.78 is 3.82. The number of aliphatic hydroxyl groups excluding tert-OH is 1. The SMILES string of the molecule is O=c1/c(=C(\O)CN2CCCCC2)[n+]2cc([N+](=O)[O-])cc3sc4c(Cl)ccc(Cl)c4n1-c32. The molecule has 0 unspecified atom stereocenters. The summed E-state index contributed by atoms with van der Waals surface area (Å²) in [6.45, 7) is 1.85. The van der Waals surface area contributed by atoms with Crippen molar-refractivity contribution in [2.45, 2.75) is 19.3 Å². The third kappa shape index (κ3) is 3.23. The number of pyridine rings is 1. The summed E-state index contributed by atoms with van der Waals surface area (Å²) in [6, 6.07) is 4.63. The molecule has 0 radical (unpaired) electrons. The van der Waals surface area contributed by atoms with Crippen molar-refractivity contribution in [3.05, 3.63) is 60.3 Å². The van der Waals surface area contributed by atoms with Crippen molar-refractivity contribution in [2.75, 3.05) is 19.6 Å². The third-order valence-electron chi connectivity index (χ3n) is 5.62. The lowest BCUT2D eigenvalue weighted by Crippen LogP contribution is -2.47. The molecule has 1 N–H and O–H groups in total. The molecule has 31 heavy (non-hydrogen) atoms. The van der Waals surface area contributed by atoms with Crippen LogP contribution in [-0.4, -0.2) is 39.1 Å². The Morgan fingerprint density at radius 2 is 1.94 bits per heavy atom. The van der Waals surface area contributed by atoms with E-state index in [1.807, 2.05) is 0 Å². The van der Waals surface area contributed by atoms with Gasteiger partial charge in [-0.25, -0.2) is 4.79 Å². The molecular weight excluding hydrogens is 463 g/mol. The second kappa shape index (κ2) is 7.59. The Kier molecular flexibility index (Phi) is 5.01. The van der Waals surface area contributed by atoms with Crippen LogP contribution in [0, 0.1) is 10.1 Å². The van der Waals surface area contributed by atoms with E-state index >= 15 is 0 Å². The molecule has 0 atom stereocenters. The van der Waals surface area contributed by atoms with Crippen molar-refractivity contribution >= 4 is 60.9 Å². The zero-order valence-electron chi connectivity index (χ0n) is 16.2. The van der Waals surface area contributed by atoms with Crippen molar-refractivity contribution in [2.24, 2.45) is 0 Å². The fourth-order valence-corrected chi connectivity index (χ4v) is 5.94. The van der Waals surface area contributed by atoms with E-state index in [0.29, 0.717) is 30.8 Å². The molecule has 2 aromatic rings. The average Bonchev–Trinajstić information content (AvgIpc) is 3.04. The molecule has 0 spiro atoms. The highest BCUT2D eigenvalue weighted by atomic mass is 35.5. The van der Waals surface area contributed by atoms with Crippen LogP contribution in [0.25, 0.3) is 26.5 Å². The number of aliphatic hydroxyl groups is 1. The molecule has 1 fully saturated rings. The van der Waals surface area contributed by atoms with Gasteiger partial charge in [0.05, 0.1) is 26.2 Å². The van der Waals surface area contributed by atoms with E-state index in [4.69, 9.17) is 23.2 Å². The lowest BCUT2D eigenvalue weighted by Gasteiger charge is -2.25. The number of benzene rings is 1. The Bertz CT molecular complexity index is 1440. The Morgan fingerprint density at radius 1 is 1.23 bits per heavy atom. The number of halogens is 2. The third-order valence-corrected chi connectivity index (χ3v) is 7.49. The summed E-state index contributed by atoms with van der Waals surface area (Å²) >= 11 is 14.0. The number of fused-ring (bicyclic) bond motifs is 2. The molecule has 1 saturated heterocycles. The van der Waals surface area contributed by atoms with E-state index in [9.17, 15) is 20.0 Å². The Hall–Kier alpha value is -2.46. The van der Waals surface area contributed by atoms with Gasteiger partial charge in [0, 0.05) is 6.07 Å². The number of hydrogen-bond acceptors (Lipinski definition) is 6. The summed E-state index contributed by atoms with van der Waals surface area (Å²) in [4.78, 5) is 26.7. The first-order valence-electron chi connectivity index (χ1n) is 9.76. The minimum absolute atomic E-state index is 0.00462. The highest BCUT2D eigenvalue weighted by Crippen LogP contribution is 2.37. The molecule has 11 heteroatoms. The van der Waals surface area contributed by atoms with E-state index in [1.54, 1.807) is 12.1 Å². The van der Waals surface area contributed by atoms with Gasteiger partial charge < -0.3 is 5.11 Å². The maximum atomic E-state index is 13.6. The van der Waals surface area contributed by atoms with Gasteiger partial charge >= 0.3 is 17.1 Å². The van der Waals surface area contributed by atoms with Crippen LogP contribution < -0.4 is 15.3 Å². The van der Waals surface area contributed by atoms with Crippen molar-refractivity contribution in [1.82, 2.24) is 9.47 Å². The lowest BCUT2D eigenvalue weighted by molar-refractivity contribution is -0.549. The van der Waals surface area contributed by atoms with Gasteiger partial charge in [-0.2, -0.15) is 4.40 Å². The molecule has 0 saturated carbocycles. The number of imidazole rings is 1. The predicted octanol–water partition coefficient (Wildman–Crippen LogP) is 3.31. The van der Waals surface area contributed by atoms with Gasteiger partial charge in [-0.05, 0) is 38.1 Å². The number of piperidine rings is 1. The molecule has 0 aliphatic carbocycles. The first-order valence-corrected chi connectivity index (χ1v) is 11.3. The maximum Gasteiger partial charge on any atom is 0.390 e. The van der Waals surface area contributed by atoms with Crippen LogP contribution in [-0.2, 0) is 0 Å². The zero-order chi connectivity index (χ0) is 21.9. The van der Waals surface area contributed by atoms with Crippen LogP contribution in [0.1, 0.15) is 19.3 Å². The second-order valence-corrected chi connectivity index (χ2v) is 9.46. The monoisotopic (exact) mass is 479 g/mol. The molecule has 1 aromatic heterocycles. The average molecular weight is 480 g/mol. The molecular formula is C20H17Cl2N4O4S+. The van der Waals surface area contributed by atoms with Gasteiger partial charge in [0.25, 0.3) is 5.35 Å². The maximum absolute atomic E-state index is 13.6. The van der Waals surface area contributed by atoms with Gasteiger partial charge in [0.1, 0.15) is 4.70 Å². The van der Waals surface area contributed by atoms with Gasteiger partial charge in [0.2, 0.25) is 0 Å². The van der Waals surface area contributed by atoms with Crippen LogP contribution >= 0.6 is 34.5 Å². The fourth-order valence-electron chi connectivity index (χ4n) is 4.23. The summed E-state index contributed by atoms with van der Waals surface area (Å²) in [5, 5.41) is 23.2. The molecule has 0 bridgehead atoms.